The van der Waals surface area contributed by atoms with Crippen molar-refractivity contribution in [1.29, 1.82) is 0 Å². The Balaban J connectivity index is 6.73. The second kappa shape index (κ2) is 7.34. The van der Waals surface area contributed by atoms with Crippen LogP contribution < -0.4 is 0 Å². The third-order valence-corrected chi connectivity index (χ3v) is 3.06. The van der Waals surface area contributed by atoms with Gasteiger partial charge in [-0.15, -0.1) is 0 Å². The fourth-order valence-corrected chi connectivity index (χ4v) is 1.36. The van der Waals surface area contributed by atoms with Crippen LogP contribution in [-0.4, -0.2) is 47.8 Å². The molecule has 0 aliphatic rings. The van der Waals surface area contributed by atoms with E-state index in [2.05, 4.69) is 0 Å². The van der Waals surface area contributed by atoms with Crippen LogP contribution in [0.5, 0.6) is 0 Å². The Morgan fingerprint density at radius 3 is 0.903 bits per heavy atom. The van der Waals surface area contributed by atoms with Gasteiger partial charge in [0.2, 0.25) is 0 Å². The van der Waals surface area contributed by atoms with Gasteiger partial charge >= 0.3 is 59.9 Å². The zero-order valence-electron chi connectivity index (χ0n) is 13.0. The molecule has 31 heavy (non-hydrogen) atoms. The van der Waals surface area contributed by atoms with Gasteiger partial charge in [0.15, 0.2) is 0 Å². The highest BCUT2D eigenvalue weighted by atomic mass is 19.4. The van der Waals surface area contributed by atoms with E-state index in [4.69, 9.17) is 0 Å². The summed E-state index contributed by atoms with van der Waals surface area (Å²) >= 11 is 0. The Labute approximate surface area is 154 Å². The van der Waals surface area contributed by atoms with Gasteiger partial charge < -0.3 is 4.74 Å². The first kappa shape index (κ1) is 29.1. The van der Waals surface area contributed by atoms with Crippen molar-refractivity contribution in [2.75, 3.05) is 0 Å². The summed E-state index contributed by atoms with van der Waals surface area (Å²) in [5.41, 5.74) is 0. The molecule has 0 amide bonds. The van der Waals surface area contributed by atoms with Gasteiger partial charge in [0.25, 0.3) is 0 Å². The summed E-state index contributed by atoms with van der Waals surface area (Å²) in [5.74, 6) is -52.0. The third-order valence-electron chi connectivity index (χ3n) is 3.06. The fraction of sp³-hybridized carbons (Fsp3) is 0.800. The average Bonchev–Trinajstić information content (AvgIpc) is 2.51. The van der Waals surface area contributed by atoms with Crippen LogP contribution in [0.4, 0.5) is 87.8 Å². The van der Waals surface area contributed by atoms with Gasteiger partial charge in [0, 0.05) is 0 Å². The Kier molecular flexibility index (Phi) is 6.90. The van der Waals surface area contributed by atoms with E-state index in [0.717, 1.165) is 0 Å². The Bertz CT molecular complexity index is 693. The molecule has 0 saturated carbocycles. The minimum atomic E-state index is -8.91. The number of halogens is 20. The van der Waals surface area contributed by atoms with Gasteiger partial charge in [-0.1, -0.05) is 0 Å². The van der Waals surface area contributed by atoms with Crippen molar-refractivity contribution in [3.8, 4) is 0 Å². The minimum Gasteiger partial charge on any atom is -0.397 e. The first-order valence-electron chi connectivity index (χ1n) is 6.19. The van der Waals surface area contributed by atoms with Crippen molar-refractivity contribution in [3.63, 3.8) is 0 Å². The first-order chi connectivity index (χ1) is 13.1. The van der Waals surface area contributed by atoms with E-state index in [0.29, 0.717) is 0 Å². The van der Waals surface area contributed by atoms with E-state index in [1.165, 1.54) is 0 Å². The standard InChI is InChI=1S/C10F20O/c11-1(12)2(13)31-10(29,30)8(24,25)6(20,21)4(16,17)3(14,15)5(18,19)7(22,23)9(26,27)28. The van der Waals surface area contributed by atoms with E-state index in [1.807, 2.05) is 0 Å². The van der Waals surface area contributed by atoms with Crippen molar-refractivity contribution in [2.45, 2.75) is 47.8 Å². The summed E-state index contributed by atoms with van der Waals surface area (Å²) < 4.78 is 253. The quantitative estimate of drug-likeness (QED) is 0.250. The van der Waals surface area contributed by atoms with Crippen LogP contribution in [0, 0.1) is 0 Å². The summed E-state index contributed by atoms with van der Waals surface area (Å²) in [6, 6.07) is -4.20. The molecular weight excluding hydrogens is 516 g/mol. The predicted octanol–water partition coefficient (Wildman–Crippen LogP) is 7.01. The smallest absolute Gasteiger partial charge is 0.397 e. The highest BCUT2D eigenvalue weighted by molar-refractivity contribution is 5.14. The van der Waals surface area contributed by atoms with Crippen molar-refractivity contribution in [1.82, 2.24) is 0 Å². The van der Waals surface area contributed by atoms with E-state index in [-0.39, 0.29) is 0 Å². The minimum absolute atomic E-state index is 1.57. The lowest BCUT2D eigenvalue weighted by Crippen LogP contribution is -2.74. The van der Waals surface area contributed by atoms with Gasteiger partial charge in [-0.3, -0.25) is 0 Å². The Morgan fingerprint density at radius 1 is 0.387 bits per heavy atom. The lowest BCUT2D eigenvalue weighted by atomic mass is 9.90. The maximum atomic E-state index is 13.1. The number of hydrogen-bond donors (Lipinski definition) is 0. The molecule has 0 radical (unpaired) electrons. The monoisotopic (exact) mass is 516 g/mol. The molecule has 0 fully saturated rings. The molecule has 0 atom stereocenters. The highest BCUT2D eigenvalue weighted by Crippen LogP contribution is 2.64. The highest BCUT2D eigenvalue weighted by Gasteiger charge is 2.95. The molecule has 0 rings (SSSR count). The molecule has 0 unspecified atom stereocenters. The molecular formula is C10F20O. The number of alkyl halides is 17. The summed E-state index contributed by atoms with van der Waals surface area (Å²) in [6.45, 7) is 0. The van der Waals surface area contributed by atoms with E-state index >= 15 is 0 Å². The van der Waals surface area contributed by atoms with Gasteiger partial charge in [-0.05, 0) is 0 Å². The number of ether oxygens (including phenoxy) is 1. The third kappa shape index (κ3) is 3.91. The van der Waals surface area contributed by atoms with Crippen LogP contribution in [0.3, 0.4) is 0 Å². The average molecular weight is 516 g/mol. The molecule has 0 aliphatic heterocycles. The molecule has 0 bridgehead atoms. The maximum Gasteiger partial charge on any atom is 0.472 e. The Morgan fingerprint density at radius 2 is 0.645 bits per heavy atom. The molecule has 1 nitrogen and oxygen atoms in total. The van der Waals surface area contributed by atoms with Crippen LogP contribution in [0.2, 0.25) is 0 Å². The molecule has 0 spiro atoms. The zero-order chi connectivity index (χ0) is 25.9. The van der Waals surface area contributed by atoms with E-state index in [1.54, 1.807) is 4.74 Å². The number of hydrogen-bond acceptors (Lipinski definition) is 1. The van der Waals surface area contributed by atoms with E-state index in [9.17, 15) is 87.8 Å². The lowest BCUT2D eigenvalue weighted by molar-refractivity contribution is -0.476. The molecule has 21 heteroatoms. The van der Waals surface area contributed by atoms with Crippen LogP contribution in [0.25, 0.3) is 0 Å². The van der Waals surface area contributed by atoms with Gasteiger partial charge in [0.1, 0.15) is 0 Å². The maximum absolute atomic E-state index is 13.1. The summed E-state index contributed by atoms with van der Waals surface area (Å²) in [4.78, 5) is 0. The van der Waals surface area contributed by atoms with E-state index < -0.39 is 59.9 Å². The predicted molar refractivity (Wildman–Crippen MR) is 52.1 cm³/mol. The van der Waals surface area contributed by atoms with Crippen LogP contribution >= 0.6 is 0 Å². The topological polar surface area (TPSA) is 9.23 Å². The Hall–Kier alpha value is -1.86. The molecule has 0 aromatic heterocycles. The largest absolute Gasteiger partial charge is 0.472 e. The molecule has 0 N–H and O–H groups in total. The van der Waals surface area contributed by atoms with Crippen molar-refractivity contribution >= 4 is 0 Å². The molecule has 0 aliphatic carbocycles. The van der Waals surface area contributed by atoms with Crippen LogP contribution in [0.15, 0.2) is 12.1 Å². The normalized spacial score (nSPS) is 15.7. The second-order valence-electron chi connectivity index (χ2n) is 5.10. The number of rotatable bonds is 8. The van der Waals surface area contributed by atoms with Gasteiger partial charge in [-0.25, -0.2) is 0 Å². The first-order valence-corrected chi connectivity index (χ1v) is 6.19. The van der Waals surface area contributed by atoms with Crippen molar-refractivity contribution in [3.05, 3.63) is 12.1 Å². The lowest BCUT2D eigenvalue weighted by Gasteiger charge is -2.42. The van der Waals surface area contributed by atoms with Gasteiger partial charge in [-0.2, -0.15) is 87.8 Å². The SMILES string of the molecule is FC(F)=C(F)OC(F)(F)C(F)(F)C(F)(F)C(F)(F)C(F)(F)C(F)(F)C(F)(F)C(F)(F)F. The van der Waals surface area contributed by atoms with Crippen molar-refractivity contribution < 1.29 is 92.5 Å². The van der Waals surface area contributed by atoms with Crippen molar-refractivity contribution in [2.24, 2.45) is 0 Å². The zero-order valence-corrected chi connectivity index (χ0v) is 13.0. The second-order valence-corrected chi connectivity index (χ2v) is 5.10. The summed E-state index contributed by atoms with van der Waals surface area (Å²) in [6.07, 6.45) is -19.8. The molecule has 0 aromatic carbocycles. The van der Waals surface area contributed by atoms with Crippen LogP contribution in [-0.2, 0) is 4.74 Å². The molecule has 0 heterocycles. The summed E-state index contributed by atoms with van der Waals surface area (Å²) in [7, 11) is 0. The molecule has 0 aromatic rings. The van der Waals surface area contributed by atoms with Crippen LogP contribution in [0.1, 0.15) is 0 Å². The molecule has 0 saturated heterocycles. The summed E-state index contributed by atoms with van der Waals surface area (Å²) in [5, 5.41) is 0. The van der Waals surface area contributed by atoms with Gasteiger partial charge in [0.05, 0.1) is 0 Å². The fourth-order valence-electron chi connectivity index (χ4n) is 1.36. The molecule has 186 valence electrons.